The molecule has 0 aliphatic carbocycles. The van der Waals surface area contributed by atoms with Crippen molar-refractivity contribution >= 4 is 5.91 Å². The minimum Gasteiger partial charge on any atom is -0.497 e. The summed E-state index contributed by atoms with van der Waals surface area (Å²) in [7, 11) is 3.28. The molecule has 2 N–H and O–H groups in total. The third-order valence-electron chi connectivity index (χ3n) is 3.86. The van der Waals surface area contributed by atoms with E-state index >= 15 is 0 Å². The van der Waals surface area contributed by atoms with Gasteiger partial charge in [0.05, 0.1) is 14.2 Å². The summed E-state index contributed by atoms with van der Waals surface area (Å²) in [6.45, 7) is 1.83. The number of amides is 1. The van der Waals surface area contributed by atoms with E-state index in [1.54, 1.807) is 19.7 Å². The largest absolute Gasteiger partial charge is 0.497 e. The van der Waals surface area contributed by atoms with Gasteiger partial charge in [0.25, 0.3) is 0 Å². The summed E-state index contributed by atoms with van der Waals surface area (Å²) in [5.41, 5.74) is 3.86. The van der Waals surface area contributed by atoms with Crippen molar-refractivity contribution in [2.75, 3.05) is 20.8 Å². The van der Waals surface area contributed by atoms with Crippen LogP contribution >= 0.6 is 0 Å². The Morgan fingerprint density at radius 3 is 1.96 bits per heavy atom. The minimum atomic E-state index is -0.402. The van der Waals surface area contributed by atoms with Gasteiger partial charge in [0.1, 0.15) is 11.5 Å². The van der Waals surface area contributed by atoms with E-state index in [1.807, 2.05) is 48.5 Å². The molecule has 0 atom stereocenters. The van der Waals surface area contributed by atoms with Crippen molar-refractivity contribution < 1.29 is 19.5 Å². The zero-order valence-electron chi connectivity index (χ0n) is 14.6. The minimum absolute atomic E-state index is 0.213. The van der Waals surface area contributed by atoms with E-state index in [9.17, 15) is 4.79 Å². The lowest BCUT2D eigenvalue weighted by atomic mass is 10.1. The second-order valence-electron chi connectivity index (χ2n) is 5.70. The Hall–Kier alpha value is -2.57. The Morgan fingerprint density at radius 1 is 1.00 bits per heavy atom. The molecule has 6 heteroatoms. The summed E-state index contributed by atoms with van der Waals surface area (Å²) in [5, 5.41) is 8.71. The summed E-state index contributed by atoms with van der Waals surface area (Å²) in [6, 6.07) is 15.7. The predicted octanol–water partition coefficient (Wildman–Crippen LogP) is 2.60. The summed E-state index contributed by atoms with van der Waals surface area (Å²) >= 11 is 0. The first-order valence-electron chi connectivity index (χ1n) is 8.05. The number of ether oxygens (including phenoxy) is 2. The molecule has 0 saturated carbocycles. The average molecular weight is 344 g/mol. The van der Waals surface area contributed by atoms with Crippen LogP contribution in [0.5, 0.6) is 11.5 Å². The number of nitrogens with one attached hydrogen (secondary N) is 1. The third kappa shape index (κ3) is 6.10. The van der Waals surface area contributed by atoms with Crippen LogP contribution in [-0.2, 0) is 17.9 Å². The molecule has 2 aromatic rings. The first kappa shape index (κ1) is 18.8. The van der Waals surface area contributed by atoms with E-state index in [0.717, 1.165) is 22.6 Å². The highest BCUT2D eigenvalue weighted by atomic mass is 16.5. The number of nitrogens with zero attached hydrogens (tertiary/aromatic N) is 1. The summed E-state index contributed by atoms with van der Waals surface area (Å²) in [4.78, 5) is 13.5. The summed E-state index contributed by atoms with van der Waals surface area (Å²) < 4.78 is 10.5. The molecular formula is C19H24N2O4. The van der Waals surface area contributed by atoms with Crippen LogP contribution in [-0.4, -0.2) is 36.8 Å². The molecule has 0 bridgehead atoms. The quantitative estimate of drug-likeness (QED) is 0.540. The lowest BCUT2D eigenvalue weighted by molar-refractivity contribution is -0.129. The van der Waals surface area contributed by atoms with Crippen molar-refractivity contribution in [3.05, 3.63) is 59.7 Å². The smallest absolute Gasteiger partial charge is 0.244 e. The van der Waals surface area contributed by atoms with Gasteiger partial charge >= 0.3 is 0 Å². The van der Waals surface area contributed by atoms with Crippen LogP contribution in [0.15, 0.2) is 48.5 Å². The van der Waals surface area contributed by atoms with Gasteiger partial charge in [0.2, 0.25) is 5.91 Å². The van der Waals surface area contributed by atoms with Gasteiger partial charge in [-0.2, -0.15) is 0 Å². The molecule has 0 aromatic heterocycles. The van der Waals surface area contributed by atoms with Crippen LogP contribution in [0.25, 0.3) is 0 Å². The standard InChI is InChI=1S/C19H24N2O4/c1-24-17-7-3-5-15(11-17)13-21(10-9-19(22)20-23)14-16-6-4-8-18(12-16)25-2/h3-8,11-12,23H,9-10,13-14H2,1-2H3,(H,20,22). The SMILES string of the molecule is COc1cccc(CN(CCC(=O)NO)Cc2cccc(OC)c2)c1. The Morgan fingerprint density at radius 2 is 1.52 bits per heavy atom. The van der Waals surface area contributed by atoms with Gasteiger partial charge in [-0.1, -0.05) is 24.3 Å². The van der Waals surface area contributed by atoms with Crippen LogP contribution in [0.2, 0.25) is 0 Å². The predicted molar refractivity (Wildman–Crippen MR) is 94.6 cm³/mol. The van der Waals surface area contributed by atoms with Crippen LogP contribution in [0, 0.1) is 0 Å². The lowest BCUT2D eigenvalue weighted by Gasteiger charge is -2.22. The van der Waals surface area contributed by atoms with Gasteiger partial charge in [-0.05, 0) is 35.4 Å². The molecule has 6 nitrogen and oxygen atoms in total. The van der Waals surface area contributed by atoms with Crippen LogP contribution in [0.3, 0.4) is 0 Å². The Bertz CT molecular complexity index is 641. The molecule has 25 heavy (non-hydrogen) atoms. The van der Waals surface area contributed by atoms with Crippen molar-refractivity contribution in [3.63, 3.8) is 0 Å². The zero-order valence-corrected chi connectivity index (χ0v) is 14.6. The normalized spacial score (nSPS) is 10.6. The number of hydroxylamine groups is 1. The number of hydrogen-bond donors (Lipinski definition) is 2. The highest BCUT2D eigenvalue weighted by Crippen LogP contribution is 2.18. The summed E-state index contributed by atoms with van der Waals surface area (Å²) in [6.07, 6.45) is 0.213. The third-order valence-corrected chi connectivity index (χ3v) is 3.86. The van der Waals surface area contributed by atoms with E-state index < -0.39 is 5.91 Å². The molecule has 0 aliphatic rings. The molecule has 0 heterocycles. The maximum atomic E-state index is 11.4. The second-order valence-corrected chi connectivity index (χ2v) is 5.70. The van der Waals surface area contributed by atoms with Gasteiger partial charge in [0.15, 0.2) is 0 Å². The molecule has 134 valence electrons. The molecule has 0 fully saturated rings. The molecule has 0 saturated heterocycles. The monoisotopic (exact) mass is 344 g/mol. The van der Waals surface area contributed by atoms with E-state index in [0.29, 0.717) is 19.6 Å². The molecule has 2 aromatic carbocycles. The van der Waals surface area contributed by atoms with Crippen molar-refractivity contribution in [1.29, 1.82) is 0 Å². The van der Waals surface area contributed by atoms with E-state index in [1.165, 1.54) is 0 Å². The fourth-order valence-electron chi connectivity index (χ4n) is 2.59. The van der Waals surface area contributed by atoms with Gasteiger partial charge in [0, 0.05) is 26.1 Å². The molecule has 2 rings (SSSR count). The van der Waals surface area contributed by atoms with Gasteiger partial charge in [-0.3, -0.25) is 14.9 Å². The lowest BCUT2D eigenvalue weighted by Crippen LogP contribution is -2.29. The fourth-order valence-corrected chi connectivity index (χ4v) is 2.59. The van der Waals surface area contributed by atoms with Gasteiger partial charge in [-0.15, -0.1) is 0 Å². The van der Waals surface area contributed by atoms with Gasteiger partial charge < -0.3 is 9.47 Å². The highest BCUT2D eigenvalue weighted by Gasteiger charge is 2.11. The van der Waals surface area contributed by atoms with Crippen LogP contribution < -0.4 is 15.0 Å². The van der Waals surface area contributed by atoms with Crippen molar-refractivity contribution in [1.82, 2.24) is 10.4 Å². The number of rotatable bonds is 9. The molecule has 0 aliphatic heterocycles. The molecular weight excluding hydrogens is 320 g/mol. The molecule has 0 unspecified atom stereocenters. The first-order valence-corrected chi connectivity index (χ1v) is 8.05. The topological polar surface area (TPSA) is 71.0 Å². The molecule has 0 spiro atoms. The molecule has 1 amide bonds. The Kier molecular flexibility index (Phi) is 7.25. The Balaban J connectivity index is 2.11. The van der Waals surface area contributed by atoms with Gasteiger partial charge in [-0.25, -0.2) is 5.48 Å². The first-order chi connectivity index (χ1) is 12.1. The van der Waals surface area contributed by atoms with Crippen molar-refractivity contribution in [2.24, 2.45) is 0 Å². The van der Waals surface area contributed by atoms with E-state index in [4.69, 9.17) is 14.7 Å². The summed E-state index contributed by atoms with van der Waals surface area (Å²) in [5.74, 6) is 1.19. The number of carbonyl (C=O) groups is 1. The maximum Gasteiger partial charge on any atom is 0.244 e. The average Bonchev–Trinajstić information content (AvgIpc) is 2.66. The number of hydrogen-bond acceptors (Lipinski definition) is 5. The molecule has 0 radical (unpaired) electrons. The second kappa shape index (κ2) is 9.66. The maximum absolute atomic E-state index is 11.4. The van der Waals surface area contributed by atoms with E-state index in [-0.39, 0.29) is 6.42 Å². The highest BCUT2D eigenvalue weighted by molar-refractivity contribution is 5.74. The number of methoxy groups -OCH3 is 2. The van der Waals surface area contributed by atoms with Crippen molar-refractivity contribution in [3.8, 4) is 11.5 Å². The van der Waals surface area contributed by atoms with Crippen LogP contribution in [0.4, 0.5) is 0 Å². The zero-order chi connectivity index (χ0) is 18.1. The number of carbonyl (C=O) groups excluding carboxylic acids is 1. The fraction of sp³-hybridized carbons (Fsp3) is 0.316. The van der Waals surface area contributed by atoms with Crippen LogP contribution in [0.1, 0.15) is 17.5 Å². The van der Waals surface area contributed by atoms with E-state index in [2.05, 4.69) is 4.90 Å². The number of benzene rings is 2. The Labute approximate surface area is 147 Å². The van der Waals surface area contributed by atoms with Crippen molar-refractivity contribution in [2.45, 2.75) is 19.5 Å².